The lowest BCUT2D eigenvalue weighted by Gasteiger charge is -2.18. The van der Waals surface area contributed by atoms with Crippen LogP contribution in [0.2, 0.25) is 0 Å². The molecule has 0 rings (SSSR count). The highest BCUT2D eigenvalue weighted by Gasteiger charge is 2.09. The van der Waals surface area contributed by atoms with Gasteiger partial charge in [0.25, 0.3) is 0 Å². The van der Waals surface area contributed by atoms with Gasteiger partial charge in [0.1, 0.15) is 0 Å². The fourth-order valence-electron chi connectivity index (χ4n) is 2.26. The van der Waals surface area contributed by atoms with Gasteiger partial charge in [-0.2, -0.15) is 0 Å². The molecule has 136 valence electrons. The SMILES string of the molecule is C/C=C\C(=C/C)N(C)C(=O)NCCCCCCCCCC.CC. The van der Waals surface area contributed by atoms with Crippen molar-refractivity contribution in [2.24, 2.45) is 0 Å². The maximum atomic E-state index is 12.0. The number of unbranched alkanes of at least 4 members (excludes halogenated alkanes) is 7. The summed E-state index contributed by atoms with van der Waals surface area (Å²) in [6.45, 7) is 10.9. The second-order valence-corrected chi connectivity index (χ2v) is 5.48. The summed E-state index contributed by atoms with van der Waals surface area (Å²) in [7, 11) is 1.80. The minimum Gasteiger partial charge on any atom is -0.338 e. The van der Waals surface area contributed by atoms with Crippen LogP contribution in [-0.4, -0.2) is 24.5 Å². The number of urea groups is 1. The third-order valence-corrected chi connectivity index (χ3v) is 3.63. The van der Waals surface area contributed by atoms with E-state index in [1.165, 1.54) is 44.9 Å². The lowest BCUT2D eigenvalue weighted by atomic mass is 10.1. The van der Waals surface area contributed by atoms with E-state index < -0.39 is 0 Å². The van der Waals surface area contributed by atoms with Crippen molar-refractivity contribution in [2.45, 2.75) is 86.0 Å². The van der Waals surface area contributed by atoms with Crippen molar-refractivity contribution in [3.63, 3.8) is 0 Å². The number of hydrogen-bond donors (Lipinski definition) is 1. The number of nitrogens with one attached hydrogen (secondary N) is 1. The van der Waals surface area contributed by atoms with E-state index in [-0.39, 0.29) is 6.03 Å². The lowest BCUT2D eigenvalue weighted by molar-refractivity contribution is 0.220. The average Bonchev–Trinajstić information content (AvgIpc) is 2.59. The molecule has 0 unspecified atom stereocenters. The fraction of sp³-hybridized carbons (Fsp3) is 0.750. The maximum Gasteiger partial charge on any atom is 0.321 e. The number of nitrogens with zero attached hydrogens (tertiary/aromatic N) is 1. The Kier molecular flexibility index (Phi) is 19.6. The molecule has 0 aromatic carbocycles. The Morgan fingerprint density at radius 2 is 1.48 bits per heavy atom. The van der Waals surface area contributed by atoms with Gasteiger partial charge in [0.2, 0.25) is 0 Å². The average molecular weight is 325 g/mol. The van der Waals surface area contributed by atoms with Crippen LogP contribution in [-0.2, 0) is 0 Å². The van der Waals surface area contributed by atoms with Crippen molar-refractivity contribution in [3.8, 4) is 0 Å². The summed E-state index contributed by atoms with van der Waals surface area (Å²) in [6.07, 6.45) is 16.1. The van der Waals surface area contributed by atoms with E-state index in [4.69, 9.17) is 0 Å². The molecule has 0 aliphatic heterocycles. The van der Waals surface area contributed by atoms with Crippen LogP contribution in [0, 0.1) is 0 Å². The first-order chi connectivity index (χ1) is 11.2. The zero-order valence-corrected chi connectivity index (χ0v) is 16.5. The molecule has 0 bridgehead atoms. The molecule has 23 heavy (non-hydrogen) atoms. The maximum absolute atomic E-state index is 12.0. The van der Waals surface area contributed by atoms with E-state index in [1.807, 2.05) is 45.9 Å². The predicted molar refractivity (Wildman–Crippen MR) is 104 cm³/mol. The van der Waals surface area contributed by atoms with Crippen LogP contribution in [0.4, 0.5) is 4.79 Å². The smallest absolute Gasteiger partial charge is 0.321 e. The van der Waals surface area contributed by atoms with Gasteiger partial charge in [0.05, 0.1) is 0 Å². The van der Waals surface area contributed by atoms with Gasteiger partial charge >= 0.3 is 6.03 Å². The van der Waals surface area contributed by atoms with E-state index >= 15 is 0 Å². The lowest BCUT2D eigenvalue weighted by Crippen LogP contribution is -2.36. The Hall–Kier alpha value is -1.25. The highest BCUT2D eigenvalue weighted by Crippen LogP contribution is 2.08. The summed E-state index contributed by atoms with van der Waals surface area (Å²) in [4.78, 5) is 13.6. The third kappa shape index (κ3) is 14.1. The molecule has 3 heteroatoms. The van der Waals surface area contributed by atoms with Gasteiger partial charge in [-0.3, -0.25) is 4.90 Å². The largest absolute Gasteiger partial charge is 0.338 e. The summed E-state index contributed by atoms with van der Waals surface area (Å²) < 4.78 is 0. The molecular weight excluding hydrogens is 284 g/mol. The minimum atomic E-state index is -0.0239. The molecule has 0 heterocycles. The van der Waals surface area contributed by atoms with Crippen molar-refractivity contribution < 1.29 is 4.79 Å². The van der Waals surface area contributed by atoms with Gasteiger partial charge in [0, 0.05) is 19.3 Å². The Balaban J connectivity index is 0. The van der Waals surface area contributed by atoms with E-state index in [0.717, 1.165) is 18.7 Å². The zero-order valence-electron chi connectivity index (χ0n) is 16.5. The molecule has 0 atom stereocenters. The van der Waals surface area contributed by atoms with Crippen LogP contribution in [0.25, 0.3) is 0 Å². The highest BCUT2D eigenvalue weighted by molar-refractivity contribution is 5.76. The second kappa shape index (κ2) is 18.8. The normalized spacial score (nSPS) is 11.1. The molecule has 0 saturated heterocycles. The summed E-state index contributed by atoms with van der Waals surface area (Å²) in [5.74, 6) is 0. The quantitative estimate of drug-likeness (QED) is 0.352. The number of likely N-dealkylation sites (N-methyl/N-ethyl adjacent to an activating group) is 1. The van der Waals surface area contributed by atoms with Crippen molar-refractivity contribution >= 4 is 6.03 Å². The summed E-state index contributed by atoms with van der Waals surface area (Å²) in [6, 6.07) is -0.0239. The van der Waals surface area contributed by atoms with Gasteiger partial charge in [-0.05, 0) is 26.3 Å². The van der Waals surface area contributed by atoms with E-state index in [0.29, 0.717) is 0 Å². The van der Waals surface area contributed by atoms with Crippen molar-refractivity contribution in [1.29, 1.82) is 0 Å². The Labute approximate surface area is 145 Å². The summed E-state index contributed by atoms with van der Waals surface area (Å²) in [5, 5.41) is 2.98. The van der Waals surface area contributed by atoms with Gasteiger partial charge in [-0.25, -0.2) is 4.79 Å². The van der Waals surface area contributed by atoms with Gasteiger partial charge in [-0.1, -0.05) is 77.9 Å². The molecular formula is C20H40N2O. The molecule has 0 aliphatic carbocycles. The number of carbonyl (C=O) groups is 1. The molecule has 0 spiro atoms. The predicted octanol–water partition coefficient (Wildman–Crippen LogP) is 6.27. The van der Waals surface area contributed by atoms with Crippen LogP contribution in [0.3, 0.4) is 0 Å². The van der Waals surface area contributed by atoms with E-state index in [1.54, 1.807) is 11.9 Å². The zero-order chi connectivity index (χ0) is 17.9. The van der Waals surface area contributed by atoms with E-state index in [9.17, 15) is 4.79 Å². The number of carbonyl (C=O) groups excluding carboxylic acids is 1. The van der Waals surface area contributed by atoms with Crippen LogP contribution in [0.1, 0.15) is 86.0 Å². The van der Waals surface area contributed by atoms with Gasteiger partial charge < -0.3 is 5.32 Å². The van der Waals surface area contributed by atoms with Crippen LogP contribution in [0.5, 0.6) is 0 Å². The molecule has 0 fully saturated rings. The molecule has 0 aromatic rings. The first kappa shape index (κ1) is 24.0. The standard InChI is InChI=1S/C18H34N2O.C2H6/c1-5-8-9-10-11-12-13-14-16-19-18(21)20(4)17(7-3)15-6-2;1-2/h6-7,15H,5,8-14,16H2,1-4H3,(H,19,21);1-2H3/b15-6-,17-7+;. The molecule has 0 saturated carbocycles. The Morgan fingerprint density at radius 1 is 0.957 bits per heavy atom. The molecule has 1 N–H and O–H groups in total. The number of amides is 2. The Bertz CT molecular complexity index is 322. The van der Waals surface area contributed by atoms with Crippen LogP contribution >= 0.6 is 0 Å². The van der Waals surface area contributed by atoms with Gasteiger partial charge in [-0.15, -0.1) is 0 Å². The highest BCUT2D eigenvalue weighted by atomic mass is 16.2. The summed E-state index contributed by atoms with van der Waals surface area (Å²) >= 11 is 0. The molecule has 3 nitrogen and oxygen atoms in total. The Morgan fingerprint density at radius 3 is 1.96 bits per heavy atom. The third-order valence-electron chi connectivity index (χ3n) is 3.63. The van der Waals surface area contributed by atoms with Crippen LogP contribution in [0.15, 0.2) is 23.9 Å². The van der Waals surface area contributed by atoms with Crippen molar-refractivity contribution in [1.82, 2.24) is 10.2 Å². The second-order valence-electron chi connectivity index (χ2n) is 5.48. The topological polar surface area (TPSA) is 32.3 Å². The van der Waals surface area contributed by atoms with Crippen molar-refractivity contribution in [2.75, 3.05) is 13.6 Å². The minimum absolute atomic E-state index is 0.0239. The number of rotatable bonds is 11. The monoisotopic (exact) mass is 324 g/mol. The molecule has 0 aliphatic rings. The van der Waals surface area contributed by atoms with Crippen molar-refractivity contribution in [3.05, 3.63) is 23.9 Å². The number of allylic oxidation sites excluding steroid dienone is 3. The van der Waals surface area contributed by atoms with Crippen LogP contribution < -0.4 is 5.32 Å². The molecule has 2 amide bonds. The summed E-state index contributed by atoms with van der Waals surface area (Å²) in [5.41, 5.74) is 0.922. The van der Waals surface area contributed by atoms with E-state index in [2.05, 4.69) is 12.2 Å². The first-order valence-electron chi connectivity index (χ1n) is 9.47. The molecule has 0 aromatic heterocycles. The van der Waals surface area contributed by atoms with Gasteiger partial charge in [0.15, 0.2) is 0 Å². The molecule has 0 radical (unpaired) electrons. The first-order valence-corrected chi connectivity index (χ1v) is 9.47. The number of hydrogen-bond acceptors (Lipinski definition) is 1. The fourth-order valence-corrected chi connectivity index (χ4v) is 2.26.